The summed E-state index contributed by atoms with van der Waals surface area (Å²) >= 11 is 0. The van der Waals surface area contributed by atoms with Crippen LogP contribution in [0.3, 0.4) is 0 Å². The van der Waals surface area contributed by atoms with Crippen LogP contribution in [0.5, 0.6) is 0 Å². The van der Waals surface area contributed by atoms with E-state index < -0.39 is 17.3 Å². The normalized spacial score (nSPS) is 46.2. The van der Waals surface area contributed by atoms with Crippen LogP contribution in [0.1, 0.15) is 130 Å². The number of amides is 1. The Labute approximate surface area is 300 Å². The largest absolute Gasteiger partial charge is 0.481 e. The second kappa shape index (κ2) is 12.1. The highest BCUT2D eigenvalue weighted by molar-refractivity contribution is 5.84. The number of rotatable bonds is 6. The van der Waals surface area contributed by atoms with Gasteiger partial charge in [-0.1, -0.05) is 41.0 Å². The highest BCUT2D eigenvalue weighted by Gasteiger charge is 2.67. The minimum absolute atomic E-state index is 0.0726. The maximum atomic E-state index is 14.8. The van der Waals surface area contributed by atoms with Crippen LogP contribution in [0.25, 0.3) is 0 Å². The Balaban J connectivity index is 0.961. The Kier molecular flexibility index (Phi) is 8.42. The molecule has 50 heavy (non-hydrogen) atoms. The van der Waals surface area contributed by atoms with E-state index in [1.54, 1.807) is 0 Å². The van der Waals surface area contributed by atoms with E-state index in [0.29, 0.717) is 59.3 Å². The molecule has 1 amide bonds. The van der Waals surface area contributed by atoms with Gasteiger partial charge < -0.3 is 19.3 Å². The standard InChI is InChI=1S/C43H64N2O5/c1-26-10-8-22-44(26)25-28-11-9-23-45(28)39(49)43-18-7-12-32(43)29-13-14-36-41(5)20-17-35(50-38(48)34-24-33(37(46)47)40(34,3)4)27(2)30(41)15-19-42(36,6)31(29)16-21-43/h8,10,22,27-36H,7,9,11-21,23-25H2,1-6H3,(H,46,47)/t27?,28?,29?,30?,31?,32-,33?,34?,35?,36?,41?,42?,43?/m1/s1. The maximum Gasteiger partial charge on any atom is 0.309 e. The molecule has 0 bridgehead atoms. The van der Waals surface area contributed by atoms with E-state index in [0.717, 1.165) is 51.6 Å². The van der Waals surface area contributed by atoms with Gasteiger partial charge in [0, 0.05) is 31.0 Å². The fourth-order valence-electron chi connectivity index (χ4n) is 14.8. The van der Waals surface area contributed by atoms with Crippen molar-refractivity contribution in [3.63, 3.8) is 0 Å². The first-order valence-electron chi connectivity index (χ1n) is 20.6. The van der Waals surface area contributed by atoms with Crippen LogP contribution in [0.2, 0.25) is 0 Å². The molecule has 1 aliphatic heterocycles. The number of carbonyl (C=O) groups is 3. The third-order valence-electron chi connectivity index (χ3n) is 17.7. The van der Waals surface area contributed by atoms with Gasteiger partial charge in [0.2, 0.25) is 5.91 Å². The first-order valence-corrected chi connectivity index (χ1v) is 20.6. The highest BCUT2D eigenvalue weighted by atomic mass is 16.5. The number of carboxylic acid groups (broad SMARTS) is 1. The van der Waals surface area contributed by atoms with Crippen LogP contribution < -0.4 is 0 Å². The molecule has 12 unspecified atom stereocenters. The number of fused-ring (bicyclic) bond motifs is 7. The molecule has 7 fully saturated rings. The van der Waals surface area contributed by atoms with E-state index in [1.165, 1.54) is 50.6 Å². The Morgan fingerprint density at radius 3 is 2.32 bits per heavy atom. The van der Waals surface area contributed by atoms with Gasteiger partial charge in [-0.3, -0.25) is 14.4 Å². The van der Waals surface area contributed by atoms with Crippen molar-refractivity contribution in [1.29, 1.82) is 0 Å². The van der Waals surface area contributed by atoms with E-state index in [2.05, 4.69) is 55.5 Å². The summed E-state index contributed by atoms with van der Waals surface area (Å²) in [6.45, 7) is 15.4. The number of esters is 1. The molecule has 6 aliphatic carbocycles. The lowest BCUT2D eigenvalue weighted by Crippen LogP contribution is -2.62. The molecule has 276 valence electrons. The van der Waals surface area contributed by atoms with Gasteiger partial charge in [0.1, 0.15) is 6.10 Å². The average Bonchev–Trinajstić information content (AvgIpc) is 3.82. The van der Waals surface area contributed by atoms with Crippen LogP contribution >= 0.6 is 0 Å². The second-order valence-electron chi connectivity index (χ2n) is 19.7. The first kappa shape index (κ1) is 34.8. The third kappa shape index (κ3) is 4.96. The first-order chi connectivity index (χ1) is 23.7. The van der Waals surface area contributed by atoms with E-state index >= 15 is 0 Å². The number of hydrogen-bond donors (Lipinski definition) is 1. The second-order valence-corrected chi connectivity index (χ2v) is 19.7. The Morgan fingerprint density at radius 1 is 0.860 bits per heavy atom. The molecule has 0 aromatic carbocycles. The fraction of sp³-hybridized carbons (Fsp3) is 0.837. The number of aromatic nitrogens is 1. The fourth-order valence-corrected chi connectivity index (χ4v) is 14.8. The van der Waals surface area contributed by atoms with Crippen LogP contribution in [0.15, 0.2) is 18.3 Å². The monoisotopic (exact) mass is 688 g/mol. The molecule has 0 spiro atoms. The van der Waals surface area contributed by atoms with Crippen molar-refractivity contribution in [2.45, 2.75) is 150 Å². The third-order valence-corrected chi connectivity index (χ3v) is 17.7. The van der Waals surface area contributed by atoms with Gasteiger partial charge in [-0.2, -0.15) is 0 Å². The number of aliphatic carboxylic acids is 1. The molecule has 2 heterocycles. The lowest BCUT2D eigenvalue weighted by atomic mass is 9.37. The molecular formula is C43H64N2O5. The van der Waals surface area contributed by atoms with Gasteiger partial charge in [0.25, 0.3) is 0 Å². The van der Waals surface area contributed by atoms with Crippen molar-refractivity contribution >= 4 is 17.8 Å². The number of hydrogen-bond acceptors (Lipinski definition) is 4. The summed E-state index contributed by atoms with van der Waals surface area (Å²) in [5.41, 5.74) is 1.13. The van der Waals surface area contributed by atoms with Crippen molar-refractivity contribution in [1.82, 2.24) is 9.47 Å². The zero-order valence-electron chi connectivity index (χ0n) is 31.8. The SMILES string of the molecule is Cc1cccn1CC1CCCN1C(=O)C12CCC[C@@H]1C1CCC3C4(C)CCC(OC(=O)C5CC(C(=O)O)C5(C)C)C(C)C4CCC3(C)C1CC2. The van der Waals surface area contributed by atoms with Gasteiger partial charge in [-0.05, 0) is 154 Å². The highest BCUT2D eigenvalue weighted by Crippen LogP contribution is 2.72. The molecule has 13 atom stereocenters. The molecular weight excluding hydrogens is 624 g/mol. The van der Waals surface area contributed by atoms with E-state index in [1.807, 2.05) is 13.8 Å². The van der Waals surface area contributed by atoms with Gasteiger partial charge in [-0.25, -0.2) is 0 Å². The summed E-state index contributed by atoms with van der Waals surface area (Å²) in [6.07, 6.45) is 17.6. The van der Waals surface area contributed by atoms with E-state index in [9.17, 15) is 19.5 Å². The van der Waals surface area contributed by atoms with Gasteiger partial charge in [0.05, 0.1) is 17.3 Å². The number of carbonyl (C=O) groups excluding carboxylic acids is 2. The van der Waals surface area contributed by atoms with Crippen molar-refractivity contribution < 1.29 is 24.2 Å². The van der Waals surface area contributed by atoms with Crippen molar-refractivity contribution in [2.24, 2.45) is 69.0 Å². The summed E-state index contributed by atoms with van der Waals surface area (Å²) in [5, 5.41) is 9.59. The molecule has 7 nitrogen and oxygen atoms in total. The van der Waals surface area contributed by atoms with Gasteiger partial charge in [0.15, 0.2) is 0 Å². The van der Waals surface area contributed by atoms with E-state index in [4.69, 9.17) is 4.74 Å². The Bertz CT molecular complexity index is 1520. The van der Waals surface area contributed by atoms with Crippen molar-refractivity contribution in [3.8, 4) is 0 Å². The van der Waals surface area contributed by atoms with Gasteiger partial charge >= 0.3 is 11.9 Å². The minimum atomic E-state index is -0.803. The smallest absolute Gasteiger partial charge is 0.309 e. The molecule has 7 heteroatoms. The summed E-state index contributed by atoms with van der Waals surface area (Å²) < 4.78 is 8.66. The van der Waals surface area contributed by atoms with Crippen LogP contribution in [-0.2, 0) is 25.7 Å². The lowest BCUT2D eigenvalue weighted by molar-refractivity contribution is -0.209. The predicted octanol–water partition coefficient (Wildman–Crippen LogP) is 8.52. The molecule has 0 radical (unpaired) electrons. The molecule has 7 aliphatic rings. The average molecular weight is 689 g/mol. The van der Waals surface area contributed by atoms with Crippen molar-refractivity contribution in [3.05, 3.63) is 24.0 Å². The molecule has 1 aromatic rings. The number of carboxylic acids is 1. The predicted molar refractivity (Wildman–Crippen MR) is 193 cm³/mol. The Hall–Kier alpha value is -2.31. The maximum absolute atomic E-state index is 14.8. The van der Waals surface area contributed by atoms with Crippen LogP contribution in [0, 0.1) is 75.9 Å². The quantitative estimate of drug-likeness (QED) is 0.303. The molecule has 8 rings (SSSR count). The minimum Gasteiger partial charge on any atom is -0.481 e. The Morgan fingerprint density at radius 2 is 1.60 bits per heavy atom. The lowest BCUT2D eigenvalue weighted by Gasteiger charge is -2.67. The zero-order chi connectivity index (χ0) is 35.4. The number of aryl methyl sites for hydroxylation is 1. The van der Waals surface area contributed by atoms with Crippen molar-refractivity contribution in [2.75, 3.05) is 6.54 Å². The molecule has 1 saturated heterocycles. The molecule has 6 saturated carbocycles. The number of ether oxygens (including phenoxy) is 1. The summed E-state index contributed by atoms with van der Waals surface area (Å²) in [7, 11) is 0. The molecule has 1 N–H and O–H groups in total. The van der Waals surface area contributed by atoms with Crippen LogP contribution in [-0.4, -0.2) is 51.1 Å². The van der Waals surface area contributed by atoms with Gasteiger partial charge in [-0.15, -0.1) is 0 Å². The summed E-state index contributed by atoms with van der Waals surface area (Å²) in [4.78, 5) is 42.3. The zero-order valence-corrected chi connectivity index (χ0v) is 31.8. The summed E-state index contributed by atoms with van der Waals surface area (Å²) in [6, 6.07) is 4.63. The number of likely N-dealkylation sites (tertiary alicyclic amines) is 1. The number of nitrogens with zero attached hydrogens (tertiary/aromatic N) is 2. The molecule has 1 aromatic heterocycles. The topological polar surface area (TPSA) is 88.8 Å². The van der Waals surface area contributed by atoms with Crippen LogP contribution in [0.4, 0.5) is 0 Å². The summed E-state index contributed by atoms with van der Waals surface area (Å²) in [5.74, 6) is 2.18. The van der Waals surface area contributed by atoms with E-state index in [-0.39, 0.29) is 28.8 Å².